The van der Waals surface area contributed by atoms with Crippen LogP contribution in [0.5, 0.6) is 0 Å². The third-order valence-corrected chi connectivity index (χ3v) is 3.78. The maximum Gasteiger partial charge on any atom is 0.270 e. The van der Waals surface area contributed by atoms with Crippen molar-refractivity contribution in [3.05, 3.63) is 38.3 Å². The molecule has 1 atom stereocenters. The van der Waals surface area contributed by atoms with Gasteiger partial charge >= 0.3 is 0 Å². The van der Waals surface area contributed by atoms with Crippen molar-refractivity contribution in [2.24, 2.45) is 5.92 Å². The van der Waals surface area contributed by atoms with Crippen LogP contribution in [0.3, 0.4) is 0 Å². The fraction of sp³-hybridized carbons (Fsp3) is 0.417. The van der Waals surface area contributed by atoms with Gasteiger partial charge < -0.3 is 5.32 Å². The molecule has 0 radical (unpaired) electrons. The molecule has 18 heavy (non-hydrogen) atoms. The zero-order valence-electron chi connectivity index (χ0n) is 9.85. The van der Waals surface area contributed by atoms with Crippen molar-refractivity contribution in [1.29, 1.82) is 0 Å². The summed E-state index contributed by atoms with van der Waals surface area (Å²) in [6, 6.07) is 4.29. The first-order valence-electron chi connectivity index (χ1n) is 5.74. The van der Waals surface area contributed by atoms with Crippen LogP contribution in [0.1, 0.15) is 30.1 Å². The molecule has 0 saturated heterocycles. The van der Waals surface area contributed by atoms with Crippen LogP contribution < -0.4 is 5.32 Å². The second-order valence-electron chi connectivity index (χ2n) is 4.52. The minimum absolute atomic E-state index is 0.0811. The minimum Gasteiger partial charge on any atom is -0.349 e. The first-order chi connectivity index (χ1) is 8.49. The van der Waals surface area contributed by atoms with E-state index in [9.17, 15) is 14.9 Å². The predicted molar refractivity (Wildman–Crippen MR) is 70.4 cm³/mol. The zero-order chi connectivity index (χ0) is 13.3. The van der Waals surface area contributed by atoms with Crippen molar-refractivity contribution < 1.29 is 9.72 Å². The quantitative estimate of drug-likeness (QED) is 0.686. The number of halogens is 1. The Morgan fingerprint density at radius 3 is 2.78 bits per heavy atom. The van der Waals surface area contributed by atoms with E-state index in [1.807, 2.05) is 6.92 Å². The van der Waals surface area contributed by atoms with Crippen molar-refractivity contribution >= 4 is 27.5 Å². The minimum atomic E-state index is -0.506. The smallest absolute Gasteiger partial charge is 0.270 e. The van der Waals surface area contributed by atoms with Crippen LogP contribution >= 0.6 is 15.9 Å². The maximum atomic E-state index is 12.0. The number of non-ortho nitro benzene ring substituents is 1. The van der Waals surface area contributed by atoms with E-state index in [-0.39, 0.29) is 17.6 Å². The number of rotatable bonds is 4. The maximum absolute atomic E-state index is 12.0. The monoisotopic (exact) mass is 312 g/mol. The number of hydrogen-bond acceptors (Lipinski definition) is 3. The lowest BCUT2D eigenvalue weighted by molar-refractivity contribution is -0.384. The van der Waals surface area contributed by atoms with Gasteiger partial charge in [0.05, 0.1) is 10.5 Å². The van der Waals surface area contributed by atoms with Crippen molar-refractivity contribution in [3.8, 4) is 0 Å². The molecule has 0 aliphatic heterocycles. The van der Waals surface area contributed by atoms with E-state index in [0.717, 1.165) is 12.8 Å². The van der Waals surface area contributed by atoms with Gasteiger partial charge in [-0.15, -0.1) is 0 Å². The molecular weight excluding hydrogens is 300 g/mol. The van der Waals surface area contributed by atoms with E-state index >= 15 is 0 Å². The predicted octanol–water partition coefficient (Wildman–Crippen LogP) is 2.89. The fourth-order valence-corrected chi connectivity index (χ4v) is 2.23. The Morgan fingerprint density at radius 1 is 1.56 bits per heavy atom. The summed E-state index contributed by atoms with van der Waals surface area (Å²) in [6.07, 6.45) is 2.27. The molecule has 0 heterocycles. The number of nitro benzene ring substituents is 1. The van der Waals surface area contributed by atoms with Gasteiger partial charge in [0.1, 0.15) is 0 Å². The second-order valence-corrected chi connectivity index (χ2v) is 5.38. The third kappa shape index (κ3) is 2.87. The van der Waals surface area contributed by atoms with E-state index in [1.54, 1.807) is 0 Å². The largest absolute Gasteiger partial charge is 0.349 e. The van der Waals surface area contributed by atoms with Crippen molar-refractivity contribution in [2.75, 3.05) is 0 Å². The Hall–Kier alpha value is -1.43. The summed E-state index contributed by atoms with van der Waals surface area (Å²) in [6.45, 7) is 1.96. The van der Waals surface area contributed by atoms with Crippen LogP contribution in [0.2, 0.25) is 0 Å². The average Bonchev–Trinajstić information content (AvgIpc) is 3.12. The molecule has 5 nitrogen and oxygen atoms in total. The normalized spacial score (nSPS) is 16.1. The van der Waals surface area contributed by atoms with E-state index in [2.05, 4.69) is 21.2 Å². The molecule has 1 unspecified atom stereocenters. The van der Waals surface area contributed by atoms with Gasteiger partial charge in [-0.1, -0.05) is 0 Å². The summed E-state index contributed by atoms with van der Waals surface area (Å²) in [5.41, 5.74) is 0.221. The number of carbonyl (C=O) groups excluding carboxylic acids is 1. The highest BCUT2D eigenvalue weighted by Crippen LogP contribution is 2.32. The molecular formula is C12H13BrN2O3. The van der Waals surface area contributed by atoms with E-state index in [1.165, 1.54) is 18.2 Å². The molecule has 1 aromatic carbocycles. The second kappa shape index (κ2) is 5.06. The molecule has 0 aromatic heterocycles. The molecule has 1 saturated carbocycles. The zero-order valence-corrected chi connectivity index (χ0v) is 11.4. The Balaban J connectivity index is 2.17. The van der Waals surface area contributed by atoms with Crippen LogP contribution in [-0.2, 0) is 0 Å². The lowest BCUT2D eigenvalue weighted by atomic mass is 10.1. The number of nitrogens with one attached hydrogen (secondary N) is 1. The third-order valence-electron chi connectivity index (χ3n) is 3.09. The van der Waals surface area contributed by atoms with E-state index < -0.39 is 4.92 Å². The fourth-order valence-electron chi connectivity index (χ4n) is 1.80. The number of amides is 1. The highest BCUT2D eigenvalue weighted by molar-refractivity contribution is 9.10. The molecule has 96 valence electrons. The topological polar surface area (TPSA) is 72.2 Å². The van der Waals surface area contributed by atoms with Gasteiger partial charge in [0, 0.05) is 22.6 Å². The van der Waals surface area contributed by atoms with Gasteiger partial charge in [-0.3, -0.25) is 14.9 Å². The molecule has 0 spiro atoms. The Labute approximate surface area is 113 Å². The van der Waals surface area contributed by atoms with Gasteiger partial charge in [-0.25, -0.2) is 0 Å². The Kier molecular flexibility index (Phi) is 3.65. The van der Waals surface area contributed by atoms with Gasteiger partial charge in [-0.05, 0) is 47.7 Å². The van der Waals surface area contributed by atoms with Gasteiger partial charge in [0.15, 0.2) is 0 Å². The first kappa shape index (κ1) is 13.0. The molecule has 1 fully saturated rings. The van der Waals surface area contributed by atoms with Crippen LogP contribution in [0.4, 0.5) is 5.69 Å². The molecule has 0 bridgehead atoms. The average molecular weight is 313 g/mol. The molecule has 2 rings (SSSR count). The highest BCUT2D eigenvalue weighted by Gasteiger charge is 2.29. The Bertz CT molecular complexity index is 500. The van der Waals surface area contributed by atoms with Crippen molar-refractivity contribution in [1.82, 2.24) is 5.32 Å². The lowest BCUT2D eigenvalue weighted by Crippen LogP contribution is -2.34. The summed E-state index contributed by atoms with van der Waals surface area (Å²) in [7, 11) is 0. The molecule has 6 heteroatoms. The number of benzene rings is 1. The number of nitro groups is 1. The van der Waals surface area contributed by atoms with Crippen molar-refractivity contribution in [2.45, 2.75) is 25.8 Å². The van der Waals surface area contributed by atoms with Gasteiger partial charge in [-0.2, -0.15) is 0 Å². The first-order valence-corrected chi connectivity index (χ1v) is 6.53. The standard InChI is InChI=1S/C12H13BrN2O3/c1-7(8-2-3-8)14-12(16)10-6-9(15(17)18)4-5-11(10)13/h4-8H,2-3H2,1H3,(H,14,16). The summed E-state index contributed by atoms with van der Waals surface area (Å²) in [5.74, 6) is 0.274. The van der Waals surface area contributed by atoms with Gasteiger partial charge in [0.2, 0.25) is 0 Å². The molecule has 1 amide bonds. The molecule has 1 aliphatic rings. The van der Waals surface area contributed by atoms with E-state index in [0.29, 0.717) is 16.0 Å². The summed E-state index contributed by atoms with van der Waals surface area (Å²) in [5, 5.41) is 13.6. The molecule has 1 N–H and O–H groups in total. The summed E-state index contributed by atoms with van der Waals surface area (Å²) < 4.78 is 0.564. The molecule has 1 aliphatic carbocycles. The lowest BCUT2D eigenvalue weighted by Gasteiger charge is -2.13. The van der Waals surface area contributed by atoms with Crippen LogP contribution in [0, 0.1) is 16.0 Å². The highest BCUT2D eigenvalue weighted by atomic mass is 79.9. The Morgan fingerprint density at radius 2 is 2.22 bits per heavy atom. The van der Waals surface area contributed by atoms with Crippen molar-refractivity contribution in [3.63, 3.8) is 0 Å². The van der Waals surface area contributed by atoms with Crippen LogP contribution in [0.25, 0.3) is 0 Å². The van der Waals surface area contributed by atoms with Crippen LogP contribution in [-0.4, -0.2) is 16.9 Å². The number of nitrogens with zero attached hydrogens (tertiary/aromatic N) is 1. The molecule has 1 aromatic rings. The number of carbonyl (C=O) groups is 1. The summed E-state index contributed by atoms with van der Waals surface area (Å²) in [4.78, 5) is 22.2. The number of hydrogen-bond donors (Lipinski definition) is 1. The van der Waals surface area contributed by atoms with Gasteiger partial charge in [0.25, 0.3) is 11.6 Å². The van der Waals surface area contributed by atoms with E-state index in [4.69, 9.17) is 0 Å². The van der Waals surface area contributed by atoms with Crippen LogP contribution in [0.15, 0.2) is 22.7 Å². The summed E-state index contributed by atoms with van der Waals surface area (Å²) >= 11 is 3.24. The SMILES string of the molecule is CC(NC(=O)c1cc([N+](=O)[O-])ccc1Br)C1CC1.